The Morgan fingerprint density at radius 3 is 2.73 bits per heavy atom. The molecule has 4 rings (SSSR count). The second kappa shape index (κ2) is 6.89. The second-order valence-corrected chi connectivity index (χ2v) is 7.97. The third-order valence-electron chi connectivity index (χ3n) is 4.28. The molecule has 3 aromatic rings. The number of carbonyl (C=O) groups excluding carboxylic acids is 1. The summed E-state index contributed by atoms with van der Waals surface area (Å²) in [6.45, 7) is 1.65. The summed E-state index contributed by atoms with van der Waals surface area (Å²) in [5.74, 6) is 1.73. The monoisotopic (exact) mass is 431 g/mol. The number of nitrogens with one attached hydrogen (secondary N) is 1. The quantitative estimate of drug-likeness (QED) is 0.628. The number of hydrogen-bond donors (Lipinski definition) is 1. The van der Waals surface area contributed by atoms with E-state index in [-0.39, 0.29) is 11.7 Å². The standard InChI is InChI=1S/C19H15BrFN3OS/c1-11-8-12(2-7-16(11)21)19(25)22-18-15-9-26-10-17(15)23-24(18)14-5-3-13(20)4-6-14/h2-8H,9-10H2,1H3,(H,22,25). The van der Waals surface area contributed by atoms with Gasteiger partial charge in [-0.25, -0.2) is 9.07 Å². The van der Waals surface area contributed by atoms with Crippen molar-refractivity contribution < 1.29 is 9.18 Å². The normalized spacial score (nSPS) is 12.9. The van der Waals surface area contributed by atoms with E-state index >= 15 is 0 Å². The zero-order valence-electron chi connectivity index (χ0n) is 13.9. The number of amides is 1. The third kappa shape index (κ3) is 3.17. The average Bonchev–Trinajstić information content (AvgIpc) is 3.21. The van der Waals surface area contributed by atoms with Gasteiger partial charge >= 0.3 is 0 Å². The zero-order chi connectivity index (χ0) is 18.3. The molecule has 2 aromatic carbocycles. The first kappa shape index (κ1) is 17.3. The number of hydrogen-bond acceptors (Lipinski definition) is 3. The maximum atomic E-state index is 13.5. The smallest absolute Gasteiger partial charge is 0.256 e. The number of anilines is 1. The maximum absolute atomic E-state index is 13.5. The van der Waals surface area contributed by atoms with E-state index in [2.05, 4.69) is 26.3 Å². The lowest BCUT2D eigenvalue weighted by atomic mass is 10.1. The van der Waals surface area contributed by atoms with Crippen LogP contribution in [0.15, 0.2) is 46.9 Å². The molecule has 0 saturated carbocycles. The van der Waals surface area contributed by atoms with E-state index in [1.165, 1.54) is 12.1 Å². The maximum Gasteiger partial charge on any atom is 0.256 e. The SMILES string of the molecule is Cc1cc(C(=O)Nc2c3c(nn2-c2ccc(Br)cc2)CSC3)ccc1F. The van der Waals surface area contributed by atoms with Crippen LogP contribution in [0.1, 0.15) is 27.2 Å². The van der Waals surface area contributed by atoms with Crippen LogP contribution in [-0.2, 0) is 11.5 Å². The van der Waals surface area contributed by atoms with Gasteiger partial charge in [-0.2, -0.15) is 16.9 Å². The first-order valence-corrected chi connectivity index (χ1v) is 9.99. The lowest BCUT2D eigenvalue weighted by molar-refractivity contribution is 0.102. The molecule has 2 heterocycles. The third-order valence-corrected chi connectivity index (χ3v) is 5.77. The molecule has 1 N–H and O–H groups in total. The van der Waals surface area contributed by atoms with Gasteiger partial charge in [-0.3, -0.25) is 4.79 Å². The van der Waals surface area contributed by atoms with E-state index in [0.717, 1.165) is 32.9 Å². The molecule has 0 aliphatic carbocycles. The fourth-order valence-corrected chi connectivity index (χ4v) is 4.18. The van der Waals surface area contributed by atoms with Gasteiger partial charge in [-0.15, -0.1) is 0 Å². The van der Waals surface area contributed by atoms with Gasteiger partial charge in [0.25, 0.3) is 5.91 Å². The van der Waals surface area contributed by atoms with Crippen molar-refractivity contribution in [3.8, 4) is 5.69 Å². The van der Waals surface area contributed by atoms with Crippen molar-refractivity contribution in [2.75, 3.05) is 5.32 Å². The molecule has 1 amide bonds. The van der Waals surface area contributed by atoms with Crippen LogP contribution in [0.3, 0.4) is 0 Å². The van der Waals surface area contributed by atoms with E-state index in [9.17, 15) is 9.18 Å². The van der Waals surface area contributed by atoms with Crippen LogP contribution in [-0.4, -0.2) is 15.7 Å². The lowest BCUT2D eigenvalue weighted by Crippen LogP contribution is -2.16. The van der Waals surface area contributed by atoms with E-state index in [4.69, 9.17) is 0 Å². The predicted molar refractivity (Wildman–Crippen MR) is 105 cm³/mol. The molecule has 26 heavy (non-hydrogen) atoms. The Hall–Kier alpha value is -2.12. The number of benzene rings is 2. The molecule has 4 nitrogen and oxygen atoms in total. The fourth-order valence-electron chi connectivity index (χ4n) is 2.88. The Balaban J connectivity index is 1.72. The average molecular weight is 432 g/mol. The number of aromatic nitrogens is 2. The van der Waals surface area contributed by atoms with Gasteiger partial charge in [0.05, 0.1) is 11.4 Å². The van der Waals surface area contributed by atoms with Crippen LogP contribution in [0.4, 0.5) is 10.2 Å². The Kier molecular flexibility index (Phi) is 4.58. The minimum Gasteiger partial charge on any atom is -0.306 e. The molecule has 7 heteroatoms. The highest BCUT2D eigenvalue weighted by Crippen LogP contribution is 2.36. The number of rotatable bonds is 3. The van der Waals surface area contributed by atoms with Crippen molar-refractivity contribution in [2.24, 2.45) is 0 Å². The molecule has 0 unspecified atom stereocenters. The summed E-state index contributed by atoms with van der Waals surface area (Å²) in [7, 11) is 0. The first-order chi connectivity index (χ1) is 12.5. The number of thioether (sulfide) groups is 1. The van der Waals surface area contributed by atoms with Crippen LogP contribution in [0.25, 0.3) is 5.69 Å². The van der Waals surface area contributed by atoms with E-state index in [1.54, 1.807) is 29.4 Å². The van der Waals surface area contributed by atoms with Gasteiger partial charge in [-0.05, 0) is 55.0 Å². The van der Waals surface area contributed by atoms with Crippen LogP contribution < -0.4 is 5.32 Å². The summed E-state index contributed by atoms with van der Waals surface area (Å²) >= 11 is 5.20. The van der Waals surface area contributed by atoms with Crippen molar-refractivity contribution >= 4 is 39.4 Å². The molecule has 132 valence electrons. The van der Waals surface area contributed by atoms with Crippen molar-refractivity contribution in [1.82, 2.24) is 9.78 Å². The highest BCUT2D eigenvalue weighted by Gasteiger charge is 2.25. The topological polar surface area (TPSA) is 46.9 Å². The highest BCUT2D eigenvalue weighted by molar-refractivity contribution is 9.10. The first-order valence-electron chi connectivity index (χ1n) is 8.05. The molecule has 1 aromatic heterocycles. The largest absolute Gasteiger partial charge is 0.306 e. The summed E-state index contributed by atoms with van der Waals surface area (Å²) in [6, 6.07) is 12.1. The van der Waals surface area contributed by atoms with Crippen molar-refractivity contribution in [3.63, 3.8) is 0 Å². The molecule has 1 aliphatic heterocycles. The predicted octanol–water partition coefficient (Wildman–Crippen LogP) is 5.08. The van der Waals surface area contributed by atoms with E-state index in [1.807, 2.05) is 24.3 Å². The molecule has 0 fully saturated rings. The van der Waals surface area contributed by atoms with Crippen LogP contribution in [0.2, 0.25) is 0 Å². The molecule has 0 bridgehead atoms. The number of aryl methyl sites for hydroxylation is 1. The molecule has 1 aliphatic rings. The van der Waals surface area contributed by atoms with Gasteiger partial charge in [0.2, 0.25) is 0 Å². The van der Waals surface area contributed by atoms with Crippen LogP contribution in [0, 0.1) is 12.7 Å². The second-order valence-electron chi connectivity index (χ2n) is 6.07. The minimum atomic E-state index is -0.321. The van der Waals surface area contributed by atoms with Gasteiger partial charge in [0, 0.05) is 27.1 Å². The summed E-state index contributed by atoms with van der Waals surface area (Å²) < 4.78 is 16.2. The summed E-state index contributed by atoms with van der Waals surface area (Å²) in [4.78, 5) is 12.7. The summed E-state index contributed by atoms with van der Waals surface area (Å²) in [5.41, 5.74) is 3.78. The molecule has 0 atom stereocenters. The Morgan fingerprint density at radius 1 is 1.23 bits per heavy atom. The molecular formula is C19H15BrFN3OS. The van der Waals surface area contributed by atoms with Crippen LogP contribution >= 0.6 is 27.7 Å². The molecule has 0 saturated heterocycles. The highest BCUT2D eigenvalue weighted by atomic mass is 79.9. The lowest BCUT2D eigenvalue weighted by Gasteiger charge is -2.11. The fraction of sp³-hybridized carbons (Fsp3) is 0.158. The van der Waals surface area contributed by atoms with E-state index < -0.39 is 0 Å². The Morgan fingerprint density at radius 2 is 2.00 bits per heavy atom. The van der Waals surface area contributed by atoms with Gasteiger partial charge in [0.1, 0.15) is 11.6 Å². The number of fused-ring (bicyclic) bond motifs is 1. The van der Waals surface area contributed by atoms with Gasteiger partial charge in [-0.1, -0.05) is 15.9 Å². The summed E-state index contributed by atoms with van der Waals surface area (Å²) in [6.07, 6.45) is 0. The molecular weight excluding hydrogens is 417 g/mol. The molecule has 0 spiro atoms. The minimum absolute atomic E-state index is 0.272. The summed E-state index contributed by atoms with van der Waals surface area (Å²) in [5, 5.41) is 7.66. The number of nitrogens with zero attached hydrogens (tertiary/aromatic N) is 2. The van der Waals surface area contributed by atoms with Crippen molar-refractivity contribution in [2.45, 2.75) is 18.4 Å². The van der Waals surface area contributed by atoms with Gasteiger partial charge < -0.3 is 5.32 Å². The number of halogens is 2. The van der Waals surface area contributed by atoms with Crippen molar-refractivity contribution in [1.29, 1.82) is 0 Å². The van der Waals surface area contributed by atoms with Crippen molar-refractivity contribution in [3.05, 3.63) is 75.1 Å². The molecule has 0 radical (unpaired) electrons. The number of carbonyl (C=O) groups is 1. The Labute approximate surface area is 162 Å². The zero-order valence-corrected chi connectivity index (χ0v) is 16.3. The van der Waals surface area contributed by atoms with E-state index in [0.29, 0.717) is 16.9 Å². The van der Waals surface area contributed by atoms with Crippen LogP contribution in [0.5, 0.6) is 0 Å². The Bertz CT molecular complexity index is 1000. The van der Waals surface area contributed by atoms with Gasteiger partial charge in [0.15, 0.2) is 0 Å².